The summed E-state index contributed by atoms with van der Waals surface area (Å²) in [6, 6.07) is 0. The summed E-state index contributed by atoms with van der Waals surface area (Å²) < 4.78 is 7.22. The van der Waals surface area contributed by atoms with Crippen molar-refractivity contribution in [2.75, 3.05) is 19.8 Å². The lowest BCUT2D eigenvalue weighted by Gasteiger charge is -2.32. The summed E-state index contributed by atoms with van der Waals surface area (Å²) in [6.07, 6.45) is 2.08. The highest BCUT2D eigenvalue weighted by Crippen LogP contribution is 2.42. The van der Waals surface area contributed by atoms with Crippen LogP contribution in [0.4, 0.5) is 0 Å². The van der Waals surface area contributed by atoms with E-state index in [-0.39, 0.29) is 10.8 Å². The Balaban J connectivity index is 2.41. The Kier molecular flexibility index (Phi) is 3.73. The quantitative estimate of drug-likeness (QED) is 0.860. The third-order valence-electron chi connectivity index (χ3n) is 3.98. The predicted molar refractivity (Wildman–Crippen MR) is 73.8 cm³/mol. The monoisotopic (exact) mass is 267 g/mol. The van der Waals surface area contributed by atoms with Crippen LogP contribution in [0.15, 0.2) is 6.20 Å². The summed E-state index contributed by atoms with van der Waals surface area (Å²) >= 11 is 0. The van der Waals surface area contributed by atoms with Crippen molar-refractivity contribution in [3.8, 4) is 0 Å². The molecule has 0 amide bonds. The number of nitrogens with two attached hydrogens (primary N) is 1. The molecule has 3 N–H and O–H groups in total. The molecule has 1 aromatic heterocycles. The summed E-state index contributed by atoms with van der Waals surface area (Å²) in [4.78, 5) is 0. The molecule has 1 fully saturated rings. The minimum Gasteiger partial charge on any atom is -0.388 e. The van der Waals surface area contributed by atoms with E-state index in [1.54, 1.807) is 4.68 Å². The van der Waals surface area contributed by atoms with E-state index < -0.39 is 6.10 Å². The van der Waals surface area contributed by atoms with Crippen LogP contribution in [0.25, 0.3) is 0 Å². The van der Waals surface area contributed by atoms with Gasteiger partial charge in [-0.3, -0.25) is 4.68 Å². The van der Waals surface area contributed by atoms with Gasteiger partial charge in [-0.2, -0.15) is 5.10 Å². The molecule has 19 heavy (non-hydrogen) atoms. The molecule has 0 spiro atoms. The average Bonchev–Trinajstić information content (AvgIpc) is 2.94. The minimum absolute atomic E-state index is 0.104. The third-order valence-corrected chi connectivity index (χ3v) is 3.98. The first kappa shape index (κ1) is 14.5. The molecule has 5 nitrogen and oxygen atoms in total. The molecule has 0 aliphatic carbocycles. The molecular formula is C14H25N3O2. The number of rotatable bonds is 3. The Bertz CT molecular complexity index is 442. The molecule has 2 heterocycles. The summed E-state index contributed by atoms with van der Waals surface area (Å²) in [5, 5.41) is 15.3. The van der Waals surface area contributed by atoms with Crippen molar-refractivity contribution in [1.29, 1.82) is 0 Å². The van der Waals surface area contributed by atoms with Gasteiger partial charge in [0.15, 0.2) is 0 Å². The molecule has 0 aromatic carbocycles. The Hall–Kier alpha value is -0.910. The zero-order chi connectivity index (χ0) is 14.3. The molecule has 108 valence electrons. The first-order chi connectivity index (χ1) is 8.80. The maximum absolute atomic E-state index is 10.8. The average molecular weight is 267 g/mol. The van der Waals surface area contributed by atoms with E-state index >= 15 is 0 Å². The van der Waals surface area contributed by atoms with Gasteiger partial charge in [0.05, 0.1) is 18.4 Å². The van der Waals surface area contributed by atoms with Crippen LogP contribution in [0.1, 0.15) is 44.6 Å². The molecule has 1 aliphatic rings. The van der Waals surface area contributed by atoms with Crippen molar-refractivity contribution in [2.24, 2.45) is 18.2 Å². The second-order valence-electron chi connectivity index (χ2n) is 6.63. The molecule has 0 bridgehead atoms. The number of aryl methyl sites for hydroxylation is 1. The second-order valence-corrected chi connectivity index (χ2v) is 6.63. The van der Waals surface area contributed by atoms with Crippen LogP contribution in [0.3, 0.4) is 0 Å². The highest BCUT2D eigenvalue weighted by Gasteiger charge is 2.43. The fourth-order valence-corrected chi connectivity index (χ4v) is 2.73. The summed E-state index contributed by atoms with van der Waals surface area (Å²) in [7, 11) is 1.88. The predicted octanol–water partition coefficient (Wildman–Crippen LogP) is 1.12. The molecule has 1 aromatic rings. The summed E-state index contributed by atoms with van der Waals surface area (Å²) in [6.45, 7) is 7.92. The number of hydrogen-bond acceptors (Lipinski definition) is 4. The Morgan fingerprint density at radius 1 is 1.58 bits per heavy atom. The lowest BCUT2D eigenvalue weighted by Crippen LogP contribution is -2.38. The van der Waals surface area contributed by atoms with Crippen LogP contribution in [0.5, 0.6) is 0 Å². The SMILES string of the molecule is Cn1cc(C(O)C2(CN)CCOC2)c(C(C)(C)C)n1. The maximum atomic E-state index is 10.8. The molecule has 1 aliphatic heterocycles. The molecule has 5 heteroatoms. The van der Waals surface area contributed by atoms with Gasteiger partial charge >= 0.3 is 0 Å². The number of aliphatic hydroxyl groups excluding tert-OH is 1. The fourth-order valence-electron chi connectivity index (χ4n) is 2.73. The zero-order valence-corrected chi connectivity index (χ0v) is 12.3. The van der Waals surface area contributed by atoms with E-state index in [1.807, 2.05) is 13.2 Å². The highest BCUT2D eigenvalue weighted by atomic mass is 16.5. The number of aliphatic hydroxyl groups is 1. The van der Waals surface area contributed by atoms with Crippen LogP contribution in [0, 0.1) is 5.41 Å². The van der Waals surface area contributed by atoms with E-state index in [0.29, 0.717) is 19.8 Å². The Morgan fingerprint density at radius 3 is 2.74 bits per heavy atom. The molecule has 2 rings (SSSR count). The van der Waals surface area contributed by atoms with Crippen molar-refractivity contribution >= 4 is 0 Å². The van der Waals surface area contributed by atoms with Crippen molar-refractivity contribution < 1.29 is 9.84 Å². The van der Waals surface area contributed by atoms with Crippen LogP contribution < -0.4 is 5.73 Å². The Labute approximate surface area is 114 Å². The van der Waals surface area contributed by atoms with Gasteiger partial charge in [-0.15, -0.1) is 0 Å². The lowest BCUT2D eigenvalue weighted by atomic mass is 9.76. The topological polar surface area (TPSA) is 73.3 Å². The maximum Gasteiger partial charge on any atom is 0.0914 e. The number of nitrogens with zero attached hydrogens (tertiary/aromatic N) is 2. The van der Waals surface area contributed by atoms with Gasteiger partial charge in [-0.05, 0) is 6.42 Å². The Morgan fingerprint density at radius 2 is 2.26 bits per heavy atom. The minimum atomic E-state index is -0.622. The van der Waals surface area contributed by atoms with Crippen molar-refractivity contribution in [1.82, 2.24) is 9.78 Å². The molecular weight excluding hydrogens is 242 g/mol. The van der Waals surface area contributed by atoms with Gasteiger partial charge in [0.2, 0.25) is 0 Å². The van der Waals surface area contributed by atoms with E-state index in [0.717, 1.165) is 17.7 Å². The fraction of sp³-hybridized carbons (Fsp3) is 0.786. The molecule has 0 radical (unpaired) electrons. The largest absolute Gasteiger partial charge is 0.388 e. The van der Waals surface area contributed by atoms with Crippen LogP contribution in [-0.4, -0.2) is 34.6 Å². The number of ether oxygens (including phenoxy) is 1. The first-order valence-electron chi connectivity index (χ1n) is 6.80. The van der Waals surface area contributed by atoms with Gasteiger partial charge in [0.25, 0.3) is 0 Å². The highest BCUT2D eigenvalue weighted by molar-refractivity contribution is 5.28. The van der Waals surface area contributed by atoms with Crippen molar-refractivity contribution in [3.63, 3.8) is 0 Å². The first-order valence-corrected chi connectivity index (χ1v) is 6.80. The summed E-state index contributed by atoms with van der Waals surface area (Å²) in [5.41, 5.74) is 7.24. The van der Waals surface area contributed by atoms with E-state index in [9.17, 15) is 5.11 Å². The molecule has 1 saturated heterocycles. The van der Waals surface area contributed by atoms with E-state index in [2.05, 4.69) is 25.9 Å². The van der Waals surface area contributed by atoms with Crippen molar-refractivity contribution in [2.45, 2.75) is 38.7 Å². The van der Waals surface area contributed by atoms with Gasteiger partial charge < -0.3 is 15.6 Å². The van der Waals surface area contributed by atoms with Crippen LogP contribution in [0.2, 0.25) is 0 Å². The van der Waals surface area contributed by atoms with E-state index in [1.165, 1.54) is 0 Å². The third kappa shape index (κ3) is 2.55. The van der Waals surface area contributed by atoms with Crippen LogP contribution in [-0.2, 0) is 17.2 Å². The number of hydrogen-bond donors (Lipinski definition) is 2. The zero-order valence-electron chi connectivity index (χ0n) is 12.3. The normalized spacial score (nSPS) is 25.8. The van der Waals surface area contributed by atoms with E-state index in [4.69, 9.17) is 10.5 Å². The standard InChI is InChI=1S/C14H25N3O2/c1-13(2,3)11-10(7-17(4)16-11)12(18)14(8-15)5-6-19-9-14/h7,12,18H,5-6,8-9,15H2,1-4H3. The number of aromatic nitrogens is 2. The lowest BCUT2D eigenvalue weighted by molar-refractivity contribution is 0.0179. The van der Waals surface area contributed by atoms with Crippen LogP contribution >= 0.6 is 0 Å². The van der Waals surface area contributed by atoms with Gasteiger partial charge in [0.1, 0.15) is 0 Å². The molecule has 2 unspecified atom stereocenters. The summed E-state index contributed by atoms with van der Waals surface area (Å²) in [5.74, 6) is 0. The van der Waals surface area contributed by atoms with Gasteiger partial charge in [-0.1, -0.05) is 20.8 Å². The smallest absolute Gasteiger partial charge is 0.0914 e. The molecule has 0 saturated carbocycles. The van der Waals surface area contributed by atoms with Gasteiger partial charge in [0, 0.05) is 42.8 Å². The van der Waals surface area contributed by atoms with Gasteiger partial charge in [-0.25, -0.2) is 0 Å². The van der Waals surface area contributed by atoms with Crippen molar-refractivity contribution in [3.05, 3.63) is 17.5 Å². The second kappa shape index (κ2) is 4.89. The molecule has 2 atom stereocenters.